The van der Waals surface area contributed by atoms with Gasteiger partial charge in [-0.25, -0.2) is 4.79 Å². The minimum atomic E-state index is -1.60. The quantitative estimate of drug-likeness (QED) is 0.0459. The Bertz CT molecular complexity index is 2060. The number of H-pyrrole nitrogens is 1. The molecule has 0 aliphatic carbocycles. The highest BCUT2D eigenvalue weighted by atomic mass is 16.4. The van der Waals surface area contributed by atoms with Gasteiger partial charge >= 0.3 is 5.97 Å². The number of carbonyl (C=O) groups excluding carboxylic acids is 5. The number of unbranched alkanes of at least 4 members (excludes halogenated alkanes) is 1. The van der Waals surface area contributed by atoms with Gasteiger partial charge in [-0.15, -0.1) is 0 Å². The molecule has 0 aliphatic heterocycles. The van der Waals surface area contributed by atoms with E-state index in [1.54, 1.807) is 62.6 Å². The first-order valence-corrected chi connectivity index (χ1v) is 19.9. The molecule has 0 saturated carbocycles. The van der Waals surface area contributed by atoms with E-state index < -0.39 is 77.9 Å². The predicted molar refractivity (Wildman–Crippen MR) is 224 cm³/mol. The van der Waals surface area contributed by atoms with E-state index >= 15 is 0 Å². The Morgan fingerprint density at radius 2 is 1.20 bits per heavy atom. The van der Waals surface area contributed by atoms with Crippen molar-refractivity contribution in [2.24, 2.45) is 5.73 Å². The molecule has 60 heavy (non-hydrogen) atoms. The number of aromatic amines is 1. The van der Waals surface area contributed by atoms with Crippen LogP contribution < -0.4 is 37.6 Å². The van der Waals surface area contributed by atoms with Crippen LogP contribution in [0.5, 0.6) is 5.75 Å². The summed E-state index contributed by atoms with van der Waals surface area (Å²) in [7, 11) is 1.59. The zero-order valence-corrected chi connectivity index (χ0v) is 33.9. The summed E-state index contributed by atoms with van der Waals surface area (Å²) in [5.74, 6) is -5.03. The monoisotopic (exact) mass is 828 g/mol. The molecular formula is C43H56N8O9. The van der Waals surface area contributed by atoms with Crippen LogP contribution in [0, 0.1) is 0 Å². The molecule has 7 atom stereocenters. The number of benzene rings is 3. The van der Waals surface area contributed by atoms with Gasteiger partial charge in [0.25, 0.3) is 0 Å². The van der Waals surface area contributed by atoms with Crippen molar-refractivity contribution in [3.05, 3.63) is 102 Å². The van der Waals surface area contributed by atoms with Crippen molar-refractivity contribution in [1.82, 2.24) is 36.9 Å². The minimum Gasteiger partial charge on any atom is -0.508 e. The predicted octanol–water partition coefficient (Wildman–Crippen LogP) is 0.528. The summed E-state index contributed by atoms with van der Waals surface area (Å²) in [6, 6.07) is 14.7. The fraction of sp³-hybridized carbons (Fsp3) is 0.395. The first kappa shape index (κ1) is 46.4. The van der Waals surface area contributed by atoms with Crippen molar-refractivity contribution < 1.29 is 44.1 Å². The third-order valence-corrected chi connectivity index (χ3v) is 10.1. The first-order chi connectivity index (χ1) is 28.7. The van der Waals surface area contributed by atoms with Crippen molar-refractivity contribution in [2.75, 3.05) is 13.6 Å². The number of phenols is 1. The Labute approximate surface area is 348 Å². The molecule has 0 bridgehead atoms. The number of aliphatic carboxylic acids is 1. The Kier molecular flexibility index (Phi) is 17.6. The van der Waals surface area contributed by atoms with Gasteiger partial charge in [-0.1, -0.05) is 60.7 Å². The van der Waals surface area contributed by atoms with Crippen LogP contribution in [-0.4, -0.2) is 112 Å². The van der Waals surface area contributed by atoms with Crippen molar-refractivity contribution in [2.45, 2.75) is 94.7 Å². The molecule has 3 aromatic carbocycles. The smallest absolute Gasteiger partial charge is 0.326 e. The van der Waals surface area contributed by atoms with Crippen LogP contribution in [-0.2, 0) is 48.0 Å². The van der Waals surface area contributed by atoms with Gasteiger partial charge in [0.1, 0.15) is 36.0 Å². The van der Waals surface area contributed by atoms with Crippen LogP contribution in [0.3, 0.4) is 0 Å². The highest BCUT2D eigenvalue weighted by Gasteiger charge is 2.34. The van der Waals surface area contributed by atoms with E-state index in [0.29, 0.717) is 36.1 Å². The number of phenolic OH excluding ortho intramolecular Hbond substituents is 1. The van der Waals surface area contributed by atoms with Gasteiger partial charge in [-0.05, 0) is 81.6 Å². The number of likely N-dealkylation sites (N-methyl/N-ethyl adjacent to an activating group) is 1. The van der Waals surface area contributed by atoms with Gasteiger partial charge in [0.15, 0.2) is 0 Å². The molecule has 12 N–H and O–H groups in total. The fourth-order valence-corrected chi connectivity index (χ4v) is 6.51. The summed E-state index contributed by atoms with van der Waals surface area (Å²) in [6.45, 7) is 3.17. The van der Waals surface area contributed by atoms with E-state index in [-0.39, 0.29) is 31.4 Å². The third-order valence-electron chi connectivity index (χ3n) is 10.1. The van der Waals surface area contributed by atoms with Crippen molar-refractivity contribution in [3.8, 4) is 5.75 Å². The molecule has 0 fully saturated rings. The van der Waals surface area contributed by atoms with Crippen LogP contribution >= 0.6 is 0 Å². The van der Waals surface area contributed by atoms with E-state index in [4.69, 9.17) is 5.73 Å². The summed E-state index contributed by atoms with van der Waals surface area (Å²) in [4.78, 5) is 84.3. The van der Waals surface area contributed by atoms with Crippen LogP contribution in [0.1, 0.15) is 49.8 Å². The molecule has 322 valence electrons. The summed E-state index contributed by atoms with van der Waals surface area (Å²) < 4.78 is 0. The zero-order chi connectivity index (χ0) is 43.8. The number of carbonyl (C=O) groups is 6. The van der Waals surface area contributed by atoms with E-state index in [2.05, 4.69) is 36.9 Å². The number of aliphatic hydroxyl groups excluding tert-OH is 1. The lowest BCUT2D eigenvalue weighted by atomic mass is 10.0. The maximum atomic E-state index is 14.4. The number of hydrogen-bond donors (Lipinski definition) is 11. The summed E-state index contributed by atoms with van der Waals surface area (Å²) >= 11 is 0. The summed E-state index contributed by atoms with van der Waals surface area (Å²) in [5, 5.41) is 47.1. The number of fused-ring (bicyclic) bond motifs is 1. The summed E-state index contributed by atoms with van der Waals surface area (Å²) in [5.41, 5.74) is 8.45. The number of aliphatic hydroxyl groups is 1. The topological polar surface area (TPSA) is 277 Å². The first-order valence-electron chi connectivity index (χ1n) is 19.9. The van der Waals surface area contributed by atoms with Crippen LogP contribution in [0.25, 0.3) is 10.9 Å². The lowest BCUT2D eigenvalue weighted by molar-refractivity contribution is -0.143. The van der Waals surface area contributed by atoms with Gasteiger partial charge in [-0.3, -0.25) is 24.0 Å². The highest BCUT2D eigenvalue weighted by Crippen LogP contribution is 2.20. The number of aromatic nitrogens is 1. The van der Waals surface area contributed by atoms with Gasteiger partial charge in [0.2, 0.25) is 29.5 Å². The molecule has 4 rings (SSSR count). The lowest BCUT2D eigenvalue weighted by Gasteiger charge is -2.28. The Morgan fingerprint density at radius 3 is 1.83 bits per heavy atom. The average Bonchev–Trinajstić information content (AvgIpc) is 3.64. The van der Waals surface area contributed by atoms with Crippen LogP contribution in [0.4, 0.5) is 0 Å². The van der Waals surface area contributed by atoms with Gasteiger partial charge in [0.05, 0.1) is 12.1 Å². The molecule has 4 aromatic rings. The number of carboxylic acid groups (broad SMARTS) is 1. The normalized spacial score (nSPS) is 14.7. The number of para-hydroxylation sites is 1. The lowest BCUT2D eigenvalue weighted by Crippen LogP contribution is -2.61. The average molecular weight is 829 g/mol. The van der Waals surface area contributed by atoms with Crippen molar-refractivity contribution in [1.29, 1.82) is 0 Å². The van der Waals surface area contributed by atoms with Crippen LogP contribution in [0.2, 0.25) is 0 Å². The Balaban J connectivity index is 1.61. The molecule has 17 heteroatoms. The van der Waals surface area contributed by atoms with E-state index in [1.807, 2.05) is 24.3 Å². The second-order valence-electron chi connectivity index (χ2n) is 14.7. The van der Waals surface area contributed by atoms with E-state index in [0.717, 1.165) is 10.9 Å². The maximum absolute atomic E-state index is 14.4. The molecule has 0 aliphatic rings. The molecule has 0 unspecified atom stereocenters. The number of nitrogens with two attached hydrogens (primary N) is 1. The number of rotatable bonds is 23. The zero-order valence-electron chi connectivity index (χ0n) is 33.9. The third kappa shape index (κ3) is 13.6. The number of carboxylic acids is 1. The highest BCUT2D eigenvalue weighted by molar-refractivity contribution is 5.97. The van der Waals surface area contributed by atoms with E-state index in [1.165, 1.54) is 19.1 Å². The van der Waals surface area contributed by atoms with Crippen molar-refractivity contribution in [3.63, 3.8) is 0 Å². The molecule has 0 spiro atoms. The number of amides is 5. The molecule has 0 saturated heterocycles. The molecule has 5 amide bonds. The maximum Gasteiger partial charge on any atom is 0.326 e. The number of hydrogen-bond acceptors (Lipinski definition) is 10. The second-order valence-corrected chi connectivity index (χ2v) is 14.7. The molecule has 1 heterocycles. The fourth-order valence-electron chi connectivity index (χ4n) is 6.51. The minimum absolute atomic E-state index is 0.0106. The summed E-state index contributed by atoms with van der Waals surface area (Å²) in [6.07, 6.45) is 1.07. The van der Waals surface area contributed by atoms with Crippen molar-refractivity contribution >= 4 is 46.4 Å². The van der Waals surface area contributed by atoms with Gasteiger partial charge < -0.3 is 57.9 Å². The Hall–Kier alpha value is -6.30. The largest absolute Gasteiger partial charge is 0.508 e. The second kappa shape index (κ2) is 22.7. The molecular weight excluding hydrogens is 773 g/mol. The van der Waals surface area contributed by atoms with Crippen LogP contribution in [0.15, 0.2) is 85.1 Å². The SMILES string of the molecule is CN[C@@H](C)C(=O)N[C@@H](Cc1ccc(O)cc1)C(=O)N[C@H](Cc1c[nH]c2ccccc12)C(=O)N[C@@H](CCCCN)C(=O)N[C@H](C(=O)N[C@@H](Cc1ccccc1)C(=O)O)[C@@H](C)O. The van der Waals surface area contributed by atoms with Gasteiger partial charge in [-0.2, -0.15) is 0 Å². The van der Waals surface area contributed by atoms with E-state index in [9.17, 15) is 44.1 Å². The molecule has 0 radical (unpaired) electrons. The number of aromatic hydroxyl groups is 1. The number of nitrogens with one attached hydrogen (secondary N) is 7. The molecule has 1 aromatic heterocycles. The Morgan fingerprint density at radius 1 is 0.650 bits per heavy atom. The standard InChI is InChI=1S/C43H56N8O9/c1-25(45-3)38(54)48-34(21-28-16-18-30(53)19-17-28)40(56)49-35(23-29-24-46-32-14-8-7-13-31(29)32)41(57)47-33(15-9-10-20-44)39(55)51-37(26(2)52)42(58)50-36(43(59)60)22-27-11-5-4-6-12-27/h4-8,11-14,16-19,24-26,33-37,45-46,52-53H,9-10,15,20-23,44H2,1-3H3,(H,47,57)(H,48,54)(H,49,56)(H,50,58)(H,51,55)(H,59,60)/t25-,26+,33-,34-,35+,36-,37-/m0/s1. The van der Waals surface area contributed by atoms with Gasteiger partial charge in [0, 0.05) is 36.4 Å². The molecule has 17 nitrogen and oxygen atoms in total.